The van der Waals surface area contributed by atoms with E-state index in [0.29, 0.717) is 6.10 Å². The molecule has 1 fully saturated rings. The van der Waals surface area contributed by atoms with Crippen LogP contribution < -0.4 is 5.32 Å². The summed E-state index contributed by atoms with van der Waals surface area (Å²) in [6.07, 6.45) is 6.14. The molecule has 0 aromatic heterocycles. The van der Waals surface area contributed by atoms with Crippen LogP contribution in [0.5, 0.6) is 0 Å². The summed E-state index contributed by atoms with van der Waals surface area (Å²) in [7, 11) is 0. The summed E-state index contributed by atoms with van der Waals surface area (Å²) < 4.78 is 5.59. The number of amides is 1. The third-order valence-electron chi connectivity index (χ3n) is 3.90. The second-order valence-electron chi connectivity index (χ2n) is 5.71. The van der Waals surface area contributed by atoms with E-state index in [4.69, 9.17) is 4.74 Å². The van der Waals surface area contributed by atoms with Crippen molar-refractivity contribution in [2.75, 3.05) is 13.2 Å². The molecule has 3 heteroatoms. The van der Waals surface area contributed by atoms with Gasteiger partial charge in [0.2, 0.25) is 0 Å². The molecular weight excluding hydrogens is 250 g/mol. The van der Waals surface area contributed by atoms with Gasteiger partial charge in [0.05, 0.1) is 6.10 Å². The molecule has 1 saturated heterocycles. The Bertz CT molecular complexity index is 450. The molecule has 3 nitrogen and oxygen atoms in total. The molecule has 1 aliphatic heterocycles. The number of aryl methyl sites for hydroxylation is 2. The Labute approximate surface area is 121 Å². The van der Waals surface area contributed by atoms with Crippen LogP contribution in [0.4, 0.5) is 0 Å². The fraction of sp³-hybridized carbons (Fsp3) is 0.588. The molecule has 1 aromatic carbocycles. The Balaban J connectivity index is 1.68. The maximum absolute atomic E-state index is 12.1. The van der Waals surface area contributed by atoms with Crippen molar-refractivity contribution in [3.63, 3.8) is 0 Å². The third-order valence-corrected chi connectivity index (χ3v) is 3.90. The van der Waals surface area contributed by atoms with Gasteiger partial charge in [0.15, 0.2) is 0 Å². The molecule has 1 N–H and O–H groups in total. The first-order valence-corrected chi connectivity index (χ1v) is 7.64. The van der Waals surface area contributed by atoms with Crippen LogP contribution in [0.15, 0.2) is 18.2 Å². The van der Waals surface area contributed by atoms with Crippen molar-refractivity contribution < 1.29 is 9.53 Å². The molecule has 2 rings (SSSR count). The molecule has 1 atom stereocenters. The van der Waals surface area contributed by atoms with Gasteiger partial charge in [0.1, 0.15) is 0 Å². The summed E-state index contributed by atoms with van der Waals surface area (Å²) in [6, 6.07) is 5.99. The van der Waals surface area contributed by atoms with Gasteiger partial charge in [-0.15, -0.1) is 0 Å². The van der Waals surface area contributed by atoms with Gasteiger partial charge in [-0.1, -0.05) is 17.7 Å². The van der Waals surface area contributed by atoms with Crippen LogP contribution in [0.25, 0.3) is 0 Å². The normalized spacial score (nSPS) is 18.2. The smallest absolute Gasteiger partial charge is 0.251 e. The fourth-order valence-electron chi connectivity index (χ4n) is 2.65. The van der Waals surface area contributed by atoms with Gasteiger partial charge in [-0.25, -0.2) is 0 Å². The first-order valence-electron chi connectivity index (χ1n) is 7.64. The molecule has 1 aromatic rings. The molecule has 110 valence electrons. The minimum Gasteiger partial charge on any atom is -0.378 e. The van der Waals surface area contributed by atoms with Crippen LogP contribution in [-0.2, 0) is 4.74 Å². The first kappa shape index (κ1) is 15.0. The highest BCUT2D eigenvalue weighted by Crippen LogP contribution is 2.17. The van der Waals surface area contributed by atoms with E-state index < -0.39 is 0 Å². The minimum atomic E-state index is 0.0447. The summed E-state index contributed by atoms with van der Waals surface area (Å²) >= 11 is 0. The van der Waals surface area contributed by atoms with Crippen LogP contribution in [0, 0.1) is 13.8 Å². The van der Waals surface area contributed by atoms with Crippen molar-refractivity contribution in [3.8, 4) is 0 Å². The zero-order valence-electron chi connectivity index (χ0n) is 12.6. The summed E-state index contributed by atoms with van der Waals surface area (Å²) in [5.74, 6) is 0.0447. The van der Waals surface area contributed by atoms with E-state index in [1.54, 1.807) is 0 Å². The minimum absolute atomic E-state index is 0.0447. The van der Waals surface area contributed by atoms with Crippen molar-refractivity contribution >= 4 is 5.91 Å². The van der Waals surface area contributed by atoms with Gasteiger partial charge in [-0.3, -0.25) is 4.79 Å². The van der Waals surface area contributed by atoms with E-state index in [9.17, 15) is 4.79 Å². The van der Waals surface area contributed by atoms with E-state index in [1.165, 1.54) is 12.8 Å². The molecule has 0 saturated carbocycles. The second-order valence-corrected chi connectivity index (χ2v) is 5.71. The van der Waals surface area contributed by atoms with Crippen molar-refractivity contribution in [1.29, 1.82) is 0 Å². The summed E-state index contributed by atoms with van der Waals surface area (Å²) in [6.45, 7) is 5.66. The molecule has 0 radical (unpaired) electrons. The van der Waals surface area contributed by atoms with E-state index in [-0.39, 0.29) is 5.91 Å². The van der Waals surface area contributed by atoms with Gasteiger partial charge < -0.3 is 10.1 Å². The van der Waals surface area contributed by atoms with E-state index in [1.807, 2.05) is 32.0 Å². The second kappa shape index (κ2) is 7.44. The van der Waals surface area contributed by atoms with E-state index >= 15 is 0 Å². The third kappa shape index (κ3) is 4.34. The Hall–Kier alpha value is -1.35. The highest BCUT2D eigenvalue weighted by molar-refractivity contribution is 5.95. The van der Waals surface area contributed by atoms with Crippen molar-refractivity contribution in [2.45, 2.75) is 52.1 Å². The lowest BCUT2D eigenvalue weighted by Crippen LogP contribution is -2.25. The van der Waals surface area contributed by atoms with Crippen molar-refractivity contribution in [2.24, 2.45) is 0 Å². The van der Waals surface area contributed by atoms with Gasteiger partial charge in [0.25, 0.3) is 5.91 Å². The highest BCUT2D eigenvalue weighted by atomic mass is 16.5. The largest absolute Gasteiger partial charge is 0.378 e. The zero-order chi connectivity index (χ0) is 14.4. The maximum atomic E-state index is 12.1. The van der Waals surface area contributed by atoms with E-state index in [0.717, 1.165) is 49.1 Å². The van der Waals surface area contributed by atoms with Crippen LogP contribution in [-0.4, -0.2) is 25.2 Å². The van der Waals surface area contributed by atoms with Gasteiger partial charge in [-0.2, -0.15) is 0 Å². The zero-order valence-corrected chi connectivity index (χ0v) is 12.6. The lowest BCUT2D eigenvalue weighted by atomic mass is 10.0. The number of carbonyl (C=O) groups is 1. The molecule has 1 aliphatic rings. The highest BCUT2D eigenvalue weighted by Gasteiger charge is 2.14. The molecule has 0 bridgehead atoms. The van der Waals surface area contributed by atoms with Gasteiger partial charge in [0, 0.05) is 18.7 Å². The summed E-state index contributed by atoms with van der Waals surface area (Å²) in [5, 5.41) is 3.01. The average molecular weight is 275 g/mol. The maximum Gasteiger partial charge on any atom is 0.251 e. The van der Waals surface area contributed by atoms with E-state index in [2.05, 4.69) is 5.32 Å². The number of hydrogen-bond acceptors (Lipinski definition) is 2. The van der Waals surface area contributed by atoms with Crippen molar-refractivity contribution in [1.82, 2.24) is 5.32 Å². The van der Waals surface area contributed by atoms with Crippen molar-refractivity contribution in [3.05, 3.63) is 34.9 Å². The molecule has 20 heavy (non-hydrogen) atoms. The predicted molar refractivity (Wildman–Crippen MR) is 81.1 cm³/mol. The Kier molecular flexibility index (Phi) is 5.60. The summed E-state index contributed by atoms with van der Waals surface area (Å²) in [4.78, 5) is 12.1. The number of rotatable bonds is 6. The first-order chi connectivity index (χ1) is 9.66. The van der Waals surface area contributed by atoms with Crippen LogP contribution in [0.1, 0.15) is 53.6 Å². The van der Waals surface area contributed by atoms with Crippen LogP contribution >= 0.6 is 0 Å². The summed E-state index contributed by atoms with van der Waals surface area (Å²) in [5.41, 5.74) is 2.95. The molecule has 0 aliphatic carbocycles. The fourth-order valence-corrected chi connectivity index (χ4v) is 2.65. The number of nitrogens with one attached hydrogen (secondary N) is 1. The molecule has 0 spiro atoms. The molecule has 1 amide bonds. The number of carbonyl (C=O) groups excluding carboxylic acids is 1. The Morgan fingerprint density at radius 1 is 1.35 bits per heavy atom. The Morgan fingerprint density at radius 3 is 2.95 bits per heavy atom. The lowest BCUT2D eigenvalue weighted by molar-refractivity contribution is 0.0946. The quantitative estimate of drug-likeness (QED) is 0.808. The number of unbranched alkanes of at least 4 members (excludes halogenated alkanes) is 1. The van der Waals surface area contributed by atoms with Gasteiger partial charge >= 0.3 is 0 Å². The Morgan fingerprint density at radius 2 is 2.20 bits per heavy atom. The SMILES string of the molecule is Cc1ccc(C)c(C(=O)NCCCC[C@H]2CCCO2)c1. The number of benzene rings is 1. The molecular formula is C17H25NO2. The monoisotopic (exact) mass is 275 g/mol. The predicted octanol–water partition coefficient (Wildman–Crippen LogP) is 3.38. The average Bonchev–Trinajstić information content (AvgIpc) is 2.94. The van der Waals surface area contributed by atoms with Gasteiger partial charge in [-0.05, 0) is 57.6 Å². The topological polar surface area (TPSA) is 38.3 Å². The van der Waals surface area contributed by atoms with Crippen LogP contribution in [0.3, 0.4) is 0 Å². The van der Waals surface area contributed by atoms with Crippen LogP contribution in [0.2, 0.25) is 0 Å². The molecule has 1 heterocycles. The standard InChI is InChI=1S/C17H25NO2/c1-13-8-9-14(2)16(12-13)17(19)18-10-4-3-6-15-7-5-11-20-15/h8-9,12,15H,3-7,10-11H2,1-2H3,(H,18,19)/t15-/m0/s1. The lowest BCUT2D eigenvalue weighted by Gasteiger charge is -2.10. The number of hydrogen-bond donors (Lipinski definition) is 1. The number of ether oxygens (including phenoxy) is 1. The molecule has 0 unspecified atom stereocenters.